The lowest BCUT2D eigenvalue weighted by atomic mass is 10.1. The molecule has 2 N–H and O–H groups in total. The topological polar surface area (TPSA) is 54.2 Å². The molecule has 1 heterocycles. The summed E-state index contributed by atoms with van der Waals surface area (Å²) in [6.07, 6.45) is 0.970. The molecule has 1 aromatic heterocycles. The number of hydrogen-bond acceptors (Lipinski definition) is 2. The monoisotopic (exact) mass is 335 g/mol. The van der Waals surface area contributed by atoms with Crippen LogP contribution in [0.15, 0.2) is 59.6 Å². The number of nitrogens with one attached hydrogen (secondary N) is 2. The van der Waals surface area contributed by atoms with E-state index in [4.69, 9.17) is 0 Å². The zero-order valence-corrected chi connectivity index (χ0v) is 14.9. The maximum Gasteiger partial charge on any atom is 0.191 e. The number of benzene rings is 2. The number of nitrogens with zero attached hydrogens (tertiary/aromatic N) is 3. The third kappa shape index (κ3) is 4.38. The van der Waals surface area contributed by atoms with Crippen LogP contribution in [0.5, 0.6) is 0 Å². The standard InChI is InChI=1S/C20H25N5/c1-3-21-20(22-14-13-16-9-5-4-6-10-16)23-15-19-24-17-11-7-8-12-18(17)25(19)2/h4-12H,3,13-15H2,1-2H3,(H2,21,22,23). The molecular weight excluding hydrogens is 310 g/mol. The summed E-state index contributed by atoms with van der Waals surface area (Å²) in [5, 5.41) is 6.69. The van der Waals surface area contributed by atoms with E-state index >= 15 is 0 Å². The van der Waals surface area contributed by atoms with Gasteiger partial charge in [-0.2, -0.15) is 0 Å². The van der Waals surface area contributed by atoms with Gasteiger partial charge in [-0.1, -0.05) is 42.5 Å². The Labute approximate surface area is 148 Å². The van der Waals surface area contributed by atoms with E-state index in [1.165, 1.54) is 5.56 Å². The van der Waals surface area contributed by atoms with E-state index in [2.05, 4.69) is 62.4 Å². The molecule has 5 nitrogen and oxygen atoms in total. The van der Waals surface area contributed by atoms with Crippen LogP contribution in [0, 0.1) is 0 Å². The Balaban J connectivity index is 1.63. The van der Waals surface area contributed by atoms with Gasteiger partial charge < -0.3 is 15.2 Å². The van der Waals surface area contributed by atoms with Crippen LogP contribution in [0.2, 0.25) is 0 Å². The van der Waals surface area contributed by atoms with Crippen LogP contribution in [0.3, 0.4) is 0 Å². The second-order valence-electron chi connectivity index (χ2n) is 5.93. The number of para-hydroxylation sites is 2. The summed E-state index contributed by atoms with van der Waals surface area (Å²) in [5.74, 6) is 1.78. The van der Waals surface area contributed by atoms with Gasteiger partial charge >= 0.3 is 0 Å². The van der Waals surface area contributed by atoms with Crippen LogP contribution in [-0.4, -0.2) is 28.6 Å². The SMILES string of the molecule is CCNC(=NCc1nc2ccccc2n1C)NCCc1ccccc1. The van der Waals surface area contributed by atoms with E-state index in [9.17, 15) is 0 Å². The molecule has 0 saturated carbocycles. The van der Waals surface area contributed by atoms with Gasteiger partial charge in [0.15, 0.2) is 5.96 Å². The van der Waals surface area contributed by atoms with E-state index < -0.39 is 0 Å². The average molecular weight is 335 g/mol. The molecule has 0 bridgehead atoms. The number of aliphatic imine (C=N–C) groups is 1. The first kappa shape index (κ1) is 17.0. The molecule has 5 heteroatoms. The summed E-state index contributed by atoms with van der Waals surface area (Å²) >= 11 is 0. The molecule has 0 fully saturated rings. The molecule has 25 heavy (non-hydrogen) atoms. The Morgan fingerprint density at radius 2 is 1.80 bits per heavy atom. The normalized spacial score (nSPS) is 11.7. The Kier molecular flexibility index (Phi) is 5.67. The number of fused-ring (bicyclic) bond motifs is 1. The van der Waals surface area contributed by atoms with Crippen LogP contribution >= 0.6 is 0 Å². The van der Waals surface area contributed by atoms with Crippen molar-refractivity contribution in [2.24, 2.45) is 12.0 Å². The quantitative estimate of drug-likeness (QED) is 0.538. The zero-order chi connectivity index (χ0) is 17.5. The Bertz CT molecular complexity index is 836. The van der Waals surface area contributed by atoms with Gasteiger partial charge in [0.25, 0.3) is 0 Å². The lowest BCUT2D eigenvalue weighted by molar-refractivity contribution is 0.772. The number of aromatic nitrogens is 2. The molecule has 0 saturated heterocycles. The van der Waals surface area contributed by atoms with Crippen LogP contribution < -0.4 is 10.6 Å². The minimum atomic E-state index is 0.547. The van der Waals surface area contributed by atoms with Crippen molar-refractivity contribution in [2.45, 2.75) is 19.9 Å². The van der Waals surface area contributed by atoms with Crippen LogP contribution in [-0.2, 0) is 20.0 Å². The molecule has 0 spiro atoms. The molecule has 0 aliphatic heterocycles. The molecule has 130 valence electrons. The first-order valence-electron chi connectivity index (χ1n) is 8.74. The molecule has 0 aliphatic carbocycles. The van der Waals surface area contributed by atoms with Gasteiger partial charge in [-0.25, -0.2) is 9.98 Å². The maximum atomic E-state index is 4.68. The minimum absolute atomic E-state index is 0.547. The van der Waals surface area contributed by atoms with Gasteiger partial charge in [0, 0.05) is 20.1 Å². The van der Waals surface area contributed by atoms with Gasteiger partial charge in [-0.05, 0) is 31.0 Å². The van der Waals surface area contributed by atoms with Crippen molar-refractivity contribution in [3.63, 3.8) is 0 Å². The number of aryl methyl sites for hydroxylation is 1. The van der Waals surface area contributed by atoms with Crippen molar-refractivity contribution < 1.29 is 0 Å². The molecule has 0 unspecified atom stereocenters. The molecule has 0 aliphatic rings. The molecule has 0 atom stereocenters. The fourth-order valence-corrected chi connectivity index (χ4v) is 2.80. The first-order chi connectivity index (χ1) is 12.3. The fourth-order valence-electron chi connectivity index (χ4n) is 2.80. The number of hydrogen-bond donors (Lipinski definition) is 2. The summed E-state index contributed by atoms with van der Waals surface area (Å²) < 4.78 is 2.10. The van der Waals surface area contributed by atoms with Crippen LogP contribution in [0.25, 0.3) is 11.0 Å². The maximum absolute atomic E-state index is 4.68. The van der Waals surface area contributed by atoms with Gasteiger partial charge in [0.2, 0.25) is 0 Å². The van der Waals surface area contributed by atoms with E-state index in [1.54, 1.807) is 0 Å². The zero-order valence-electron chi connectivity index (χ0n) is 14.9. The second kappa shape index (κ2) is 8.33. The van der Waals surface area contributed by atoms with Crippen molar-refractivity contribution in [3.8, 4) is 0 Å². The Morgan fingerprint density at radius 1 is 1.04 bits per heavy atom. The summed E-state index contributed by atoms with van der Waals surface area (Å²) in [6, 6.07) is 18.6. The highest BCUT2D eigenvalue weighted by atomic mass is 15.2. The predicted molar refractivity (Wildman–Crippen MR) is 104 cm³/mol. The van der Waals surface area contributed by atoms with Crippen LogP contribution in [0.1, 0.15) is 18.3 Å². The van der Waals surface area contributed by atoms with E-state index in [-0.39, 0.29) is 0 Å². The van der Waals surface area contributed by atoms with Crippen molar-refractivity contribution in [3.05, 3.63) is 66.0 Å². The summed E-state index contributed by atoms with van der Waals surface area (Å²) in [7, 11) is 2.04. The molecule has 0 radical (unpaired) electrons. The molecule has 0 amide bonds. The Morgan fingerprint density at radius 3 is 2.56 bits per heavy atom. The predicted octanol–water partition coefficient (Wildman–Crippen LogP) is 2.87. The Hall–Kier alpha value is -2.82. The van der Waals surface area contributed by atoms with Crippen molar-refractivity contribution >= 4 is 17.0 Å². The van der Waals surface area contributed by atoms with E-state index in [0.717, 1.165) is 42.3 Å². The molecule has 2 aromatic carbocycles. The minimum Gasteiger partial charge on any atom is -0.357 e. The van der Waals surface area contributed by atoms with Gasteiger partial charge in [0.1, 0.15) is 12.4 Å². The largest absolute Gasteiger partial charge is 0.357 e. The highest BCUT2D eigenvalue weighted by Crippen LogP contribution is 2.14. The van der Waals surface area contributed by atoms with Gasteiger partial charge in [-0.3, -0.25) is 0 Å². The molecule has 3 rings (SSSR count). The van der Waals surface area contributed by atoms with Gasteiger partial charge in [-0.15, -0.1) is 0 Å². The van der Waals surface area contributed by atoms with Crippen molar-refractivity contribution in [2.75, 3.05) is 13.1 Å². The summed E-state index contributed by atoms with van der Waals surface area (Å²) in [5.41, 5.74) is 3.47. The highest BCUT2D eigenvalue weighted by Gasteiger charge is 2.06. The lowest BCUT2D eigenvalue weighted by Gasteiger charge is -2.11. The third-order valence-electron chi connectivity index (χ3n) is 4.15. The molecular formula is C20H25N5. The highest BCUT2D eigenvalue weighted by molar-refractivity contribution is 5.80. The van der Waals surface area contributed by atoms with E-state index in [0.29, 0.717) is 6.54 Å². The molecule has 3 aromatic rings. The number of imidazole rings is 1. The first-order valence-corrected chi connectivity index (χ1v) is 8.74. The van der Waals surface area contributed by atoms with E-state index in [1.807, 2.05) is 31.3 Å². The van der Waals surface area contributed by atoms with Crippen LogP contribution in [0.4, 0.5) is 0 Å². The number of guanidine groups is 1. The summed E-state index contributed by atoms with van der Waals surface area (Å²) in [4.78, 5) is 9.35. The van der Waals surface area contributed by atoms with Crippen molar-refractivity contribution in [1.29, 1.82) is 0 Å². The lowest BCUT2D eigenvalue weighted by Crippen LogP contribution is -2.38. The number of rotatable bonds is 6. The fraction of sp³-hybridized carbons (Fsp3) is 0.300. The third-order valence-corrected chi connectivity index (χ3v) is 4.15. The van der Waals surface area contributed by atoms with Crippen molar-refractivity contribution in [1.82, 2.24) is 20.2 Å². The second-order valence-corrected chi connectivity index (χ2v) is 5.93. The smallest absolute Gasteiger partial charge is 0.191 e. The van der Waals surface area contributed by atoms with Gasteiger partial charge in [0.05, 0.1) is 11.0 Å². The summed E-state index contributed by atoms with van der Waals surface area (Å²) in [6.45, 7) is 4.30. The average Bonchev–Trinajstić information content (AvgIpc) is 2.97.